The van der Waals surface area contributed by atoms with Crippen molar-refractivity contribution < 1.29 is 9.13 Å². The Labute approximate surface area is 150 Å². The van der Waals surface area contributed by atoms with E-state index in [2.05, 4.69) is 21.9 Å². The van der Waals surface area contributed by atoms with Crippen molar-refractivity contribution in [3.05, 3.63) is 65.6 Å². The second-order valence-corrected chi connectivity index (χ2v) is 5.40. The third-order valence-corrected chi connectivity index (χ3v) is 3.51. The van der Waals surface area contributed by atoms with Crippen molar-refractivity contribution in [3.63, 3.8) is 0 Å². The van der Waals surface area contributed by atoms with Crippen LogP contribution in [-0.4, -0.2) is 17.1 Å². The van der Waals surface area contributed by atoms with E-state index >= 15 is 0 Å². The van der Waals surface area contributed by atoms with Crippen LogP contribution in [-0.2, 0) is 0 Å². The molecule has 3 N–H and O–H groups in total. The number of hydrogen-bond donors (Lipinski definition) is 2. The first-order chi connectivity index (χ1) is 11.9. The highest BCUT2D eigenvalue weighted by Crippen LogP contribution is 2.29. The fourth-order valence-corrected chi connectivity index (χ4v) is 2.34. The molecule has 0 aliphatic heterocycles. The highest BCUT2D eigenvalue weighted by molar-refractivity contribution is 6.32. The van der Waals surface area contributed by atoms with Gasteiger partial charge in [0.05, 0.1) is 17.8 Å². The van der Waals surface area contributed by atoms with E-state index in [0.717, 1.165) is 0 Å². The Morgan fingerprint density at radius 2 is 2.08 bits per heavy atom. The van der Waals surface area contributed by atoms with Crippen molar-refractivity contribution in [1.29, 1.82) is 0 Å². The summed E-state index contributed by atoms with van der Waals surface area (Å²) >= 11 is 6.12. The van der Waals surface area contributed by atoms with Gasteiger partial charge in [-0.15, -0.1) is 0 Å². The van der Waals surface area contributed by atoms with E-state index in [1.165, 1.54) is 6.08 Å². The van der Waals surface area contributed by atoms with Crippen LogP contribution in [0.3, 0.4) is 0 Å². The number of nitrogen functional groups attached to an aromatic ring is 1. The topological polar surface area (TPSA) is 73.1 Å². The molecule has 0 unspecified atom stereocenters. The lowest BCUT2D eigenvalue weighted by Crippen LogP contribution is -2.03. The van der Waals surface area contributed by atoms with E-state index in [1.807, 2.05) is 6.92 Å². The average Bonchev–Trinajstić information content (AvgIpc) is 2.55. The number of rotatable bonds is 6. The van der Waals surface area contributed by atoms with E-state index in [4.69, 9.17) is 22.1 Å². The molecule has 25 heavy (non-hydrogen) atoms. The maximum atomic E-state index is 12.9. The summed E-state index contributed by atoms with van der Waals surface area (Å²) in [6.07, 6.45) is 4.61. The van der Waals surface area contributed by atoms with Gasteiger partial charge >= 0.3 is 0 Å². The number of aromatic nitrogens is 2. The van der Waals surface area contributed by atoms with Gasteiger partial charge in [-0.3, -0.25) is 0 Å². The minimum atomic E-state index is -0.549. The molecule has 2 rings (SSSR count). The predicted molar refractivity (Wildman–Crippen MR) is 101 cm³/mol. The Hall–Kier alpha value is -2.86. The van der Waals surface area contributed by atoms with Crippen molar-refractivity contribution in [2.45, 2.75) is 6.92 Å². The third-order valence-electron chi connectivity index (χ3n) is 3.22. The minimum absolute atomic E-state index is 0.0893. The average molecular weight is 361 g/mol. The Balaban J connectivity index is 2.32. The van der Waals surface area contributed by atoms with Crippen LogP contribution in [0, 0.1) is 0 Å². The van der Waals surface area contributed by atoms with E-state index < -0.39 is 5.83 Å². The summed E-state index contributed by atoms with van der Waals surface area (Å²) in [7, 11) is 1.55. The SMILES string of the molecule is C=C(F)/C=C\C(=C/C)c1cc(Nc2ccc(OC)c(Cl)c2)nc(N)n1. The molecular formula is C18H18ClFN4O. The normalized spacial score (nSPS) is 11.6. The second-order valence-electron chi connectivity index (χ2n) is 5.00. The van der Waals surface area contributed by atoms with Gasteiger partial charge in [-0.25, -0.2) is 9.37 Å². The summed E-state index contributed by atoms with van der Waals surface area (Å²) in [5.41, 5.74) is 7.73. The molecule has 5 nitrogen and oxygen atoms in total. The zero-order valence-corrected chi connectivity index (χ0v) is 14.6. The number of halogens is 2. The molecule has 0 saturated heterocycles. The van der Waals surface area contributed by atoms with E-state index in [9.17, 15) is 4.39 Å². The van der Waals surface area contributed by atoms with Gasteiger partial charge in [0.2, 0.25) is 5.95 Å². The maximum Gasteiger partial charge on any atom is 0.222 e. The van der Waals surface area contributed by atoms with Crippen LogP contribution in [0.15, 0.2) is 54.9 Å². The van der Waals surface area contributed by atoms with Crippen molar-refractivity contribution in [1.82, 2.24) is 9.97 Å². The van der Waals surface area contributed by atoms with Gasteiger partial charge in [-0.1, -0.05) is 30.3 Å². The molecule has 0 spiro atoms. The lowest BCUT2D eigenvalue weighted by atomic mass is 10.1. The van der Waals surface area contributed by atoms with Crippen LogP contribution in [0.25, 0.3) is 5.57 Å². The molecule has 1 aromatic carbocycles. The Kier molecular flexibility index (Phi) is 6.14. The number of benzene rings is 1. The molecule has 0 radical (unpaired) electrons. The van der Waals surface area contributed by atoms with Gasteiger partial charge in [-0.05, 0) is 36.8 Å². The largest absolute Gasteiger partial charge is 0.495 e. The maximum absolute atomic E-state index is 12.9. The summed E-state index contributed by atoms with van der Waals surface area (Å²) in [5.74, 6) is 0.595. The second kappa shape index (κ2) is 8.30. The fourth-order valence-electron chi connectivity index (χ4n) is 2.08. The quantitative estimate of drug-likeness (QED) is 0.716. The number of nitrogens with two attached hydrogens (primary N) is 1. The molecular weight excluding hydrogens is 343 g/mol. The standard InChI is InChI=1S/C18H18ClFN4O/c1-4-12(6-5-11(2)20)15-10-17(24-18(21)23-15)22-13-7-8-16(25-3)14(19)9-13/h4-10H,2H2,1,3H3,(H3,21,22,23,24)/b6-5-,12-4+. The molecule has 0 aliphatic carbocycles. The molecule has 0 atom stereocenters. The van der Waals surface area contributed by atoms with Crippen LogP contribution in [0.5, 0.6) is 5.75 Å². The number of ether oxygens (including phenoxy) is 1. The Morgan fingerprint density at radius 3 is 2.68 bits per heavy atom. The van der Waals surface area contributed by atoms with Crippen LogP contribution >= 0.6 is 11.6 Å². The van der Waals surface area contributed by atoms with Crippen molar-refractivity contribution in [2.75, 3.05) is 18.2 Å². The molecule has 2 aromatic rings. The number of allylic oxidation sites excluding steroid dienone is 5. The van der Waals surface area contributed by atoms with E-state index in [0.29, 0.717) is 33.5 Å². The van der Waals surface area contributed by atoms with Gasteiger partial charge in [0.1, 0.15) is 17.4 Å². The number of hydrogen-bond acceptors (Lipinski definition) is 5. The summed E-state index contributed by atoms with van der Waals surface area (Å²) in [5, 5.41) is 3.57. The minimum Gasteiger partial charge on any atom is -0.495 e. The fraction of sp³-hybridized carbons (Fsp3) is 0.111. The zero-order valence-electron chi connectivity index (χ0n) is 13.9. The smallest absolute Gasteiger partial charge is 0.222 e. The van der Waals surface area contributed by atoms with E-state index in [-0.39, 0.29) is 5.95 Å². The Morgan fingerprint density at radius 1 is 1.32 bits per heavy atom. The number of methoxy groups -OCH3 is 1. The monoisotopic (exact) mass is 360 g/mol. The Bertz CT molecular complexity index is 849. The summed E-state index contributed by atoms with van der Waals surface area (Å²) in [6.45, 7) is 5.01. The van der Waals surface area contributed by atoms with Gasteiger partial charge in [-0.2, -0.15) is 4.98 Å². The lowest BCUT2D eigenvalue weighted by molar-refractivity contribution is 0.415. The van der Waals surface area contributed by atoms with Crippen molar-refractivity contribution >= 4 is 34.6 Å². The van der Waals surface area contributed by atoms with Crippen LogP contribution in [0.2, 0.25) is 5.02 Å². The highest BCUT2D eigenvalue weighted by atomic mass is 35.5. The summed E-state index contributed by atoms with van der Waals surface area (Å²) in [4.78, 5) is 8.33. The first-order valence-electron chi connectivity index (χ1n) is 7.37. The molecule has 0 amide bonds. The van der Waals surface area contributed by atoms with E-state index in [1.54, 1.807) is 43.5 Å². The molecule has 1 heterocycles. The number of anilines is 3. The molecule has 1 aromatic heterocycles. The van der Waals surface area contributed by atoms with Crippen molar-refractivity contribution in [3.8, 4) is 5.75 Å². The number of nitrogens with zero attached hydrogens (tertiary/aromatic N) is 2. The highest BCUT2D eigenvalue weighted by Gasteiger charge is 2.07. The van der Waals surface area contributed by atoms with Gasteiger partial charge in [0.25, 0.3) is 0 Å². The zero-order chi connectivity index (χ0) is 18.4. The van der Waals surface area contributed by atoms with Crippen LogP contribution in [0.1, 0.15) is 12.6 Å². The van der Waals surface area contributed by atoms with Crippen LogP contribution in [0.4, 0.5) is 21.8 Å². The molecule has 0 aliphatic rings. The summed E-state index contributed by atoms with van der Waals surface area (Å²) in [6, 6.07) is 6.95. The van der Waals surface area contributed by atoms with Gasteiger partial charge in [0, 0.05) is 11.8 Å². The van der Waals surface area contributed by atoms with Gasteiger partial charge in [0.15, 0.2) is 0 Å². The number of nitrogens with one attached hydrogen (secondary N) is 1. The predicted octanol–water partition coefficient (Wildman–Crippen LogP) is 4.91. The molecule has 0 fully saturated rings. The van der Waals surface area contributed by atoms with Crippen LogP contribution < -0.4 is 15.8 Å². The molecule has 0 saturated carbocycles. The first kappa shape index (κ1) is 18.5. The van der Waals surface area contributed by atoms with Gasteiger partial charge < -0.3 is 15.8 Å². The third kappa shape index (κ3) is 5.06. The first-order valence-corrected chi connectivity index (χ1v) is 7.75. The molecule has 0 bridgehead atoms. The lowest BCUT2D eigenvalue weighted by Gasteiger charge is -2.10. The summed E-state index contributed by atoms with van der Waals surface area (Å²) < 4.78 is 18.0. The molecule has 7 heteroatoms. The molecule has 130 valence electrons. The van der Waals surface area contributed by atoms with Crippen molar-refractivity contribution in [2.24, 2.45) is 0 Å².